The summed E-state index contributed by atoms with van der Waals surface area (Å²) in [6, 6.07) is 8.18. The van der Waals surface area contributed by atoms with Crippen molar-refractivity contribution in [3.8, 4) is 5.75 Å². The first kappa shape index (κ1) is 12.1. The molecule has 3 rings (SSSR count). The topological polar surface area (TPSA) is 29.5 Å². The van der Waals surface area contributed by atoms with Crippen LogP contribution >= 0.6 is 27.3 Å². The molecule has 0 bridgehead atoms. The van der Waals surface area contributed by atoms with E-state index in [2.05, 4.69) is 15.9 Å². The number of ether oxygens (including phenoxy) is 1. The van der Waals surface area contributed by atoms with E-state index in [1.165, 1.54) is 12.1 Å². The number of aliphatic hydroxyl groups is 1. The minimum Gasteiger partial charge on any atom is -0.484 e. The number of rotatable bonds is 1. The second-order valence-electron chi connectivity index (χ2n) is 4.18. The van der Waals surface area contributed by atoms with Crippen LogP contribution in [-0.2, 0) is 0 Å². The first-order valence-corrected chi connectivity index (χ1v) is 7.14. The Hall–Kier alpha value is -0.910. The van der Waals surface area contributed by atoms with Crippen LogP contribution in [0.1, 0.15) is 29.1 Å². The molecule has 0 saturated heterocycles. The second-order valence-corrected chi connectivity index (χ2v) is 6.68. The monoisotopic (exact) mass is 328 g/mol. The summed E-state index contributed by atoms with van der Waals surface area (Å²) >= 11 is 4.99. The molecular weight excluding hydrogens is 319 g/mol. The Morgan fingerprint density at radius 1 is 1.33 bits per heavy atom. The third-order valence-electron chi connectivity index (χ3n) is 2.95. The first-order valence-electron chi connectivity index (χ1n) is 5.53. The van der Waals surface area contributed by atoms with Gasteiger partial charge in [0.1, 0.15) is 17.7 Å². The standard InChI is InChI=1S/C13H10BrFO2S/c14-13-4-3-12(18-13)11-6-9(16)8-5-7(15)1-2-10(8)17-11/h1-5,9,11,16H,6H2. The predicted octanol–water partition coefficient (Wildman–Crippen LogP) is 4.21. The van der Waals surface area contributed by atoms with Crippen LogP contribution in [-0.4, -0.2) is 5.11 Å². The van der Waals surface area contributed by atoms with E-state index in [-0.39, 0.29) is 11.9 Å². The van der Waals surface area contributed by atoms with Gasteiger partial charge in [0.05, 0.1) is 9.89 Å². The number of thiophene rings is 1. The van der Waals surface area contributed by atoms with Gasteiger partial charge in [-0.3, -0.25) is 0 Å². The van der Waals surface area contributed by atoms with Gasteiger partial charge >= 0.3 is 0 Å². The van der Waals surface area contributed by atoms with E-state index in [4.69, 9.17) is 4.74 Å². The fourth-order valence-electron chi connectivity index (χ4n) is 2.09. The van der Waals surface area contributed by atoms with Crippen LogP contribution in [0.3, 0.4) is 0 Å². The van der Waals surface area contributed by atoms with Crippen molar-refractivity contribution in [2.75, 3.05) is 0 Å². The van der Waals surface area contributed by atoms with Crippen molar-refractivity contribution < 1.29 is 14.2 Å². The van der Waals surface area contributed by atoms with Gasteiger partial charge in [-0.25, -0.2) is 4.39 Å². The average Bonchev–Trinajstić information content (AvgIpc) is 2.77. The van der Waals surface area contributed by atoms with Crippen molar-refractivity contribution in [1.82, 2.24) is 0 Å². The van der Waals surface area contributed by atoms with Gasteiger partial charge in [-0.2, -0.15) is 0 Å². The lowest BCUT2D eigenvalue weighted by Crippen LogP contribution is -2.18. The number of halogens is 2. The van der Waals surface area contributed by atoms with Crippen LogP contribution in [0.25, 0.3) is 0 Å². The second kappa shape index (κ2) is 4.64. The summed E-state index contributed by atoms with van der Waals surface area (Å²) in [6.45, 7) is 0. The predicted molar refractivity (Wildman–Crippen MR) is 71.4 cm³/mol. The van der Waals surface area contributed by atoms with E-state index in [1.54, 1.807) is 17.4 Å². The van der Waals surface area contributed by atoms with Crippen molar-refractivity contribution in [2.45, 2.75) is 18.6 Å². The Morgan fingerprint density at radius 3 is 2.89 bits per heavy atom. The maximum atomic E-state index is 13.1. The fraction of sp³-hybridized carbons (Fsp3) is 0.231. The van der Waals surface area contributed by atoms with Crippen molar-refractivity contribution in [3.05, 3.63) is 50.4 Å². The largest absolute Gasteiger partial charge is 0.484 e. The lowest BCUT2D eigenvalue weighted by atomic mass is 9.98. The van der Waals surface area contributed by atoms with E-state index < -0.39 is 6.10 Å². The minimum atomic E-state index is -0.685. The molecule has 0 fully saturated rings. The Bertz CT molecular complexity index is 584. The number of aliphatic hydroxyl groups excluding tert-OH is 1. The van der Waals surface area contributed by atoms with Crippen molar-refractivity contribution in [3.63, 3.8) is 0 Å². The number of benzene rings is 1. The molecule has 18 heavy (non-hydrogen) atoms. The third kappa shape index (κ3) is 2.18. The molecule has 2 nitrogen and oxygen atoms in total. The highest BCUT2D eigenvalue weighted by Gasteiger charge is 2.29. The molecule has 1 aliphatic rings. The third-order valence-corrected chi connectivity index (χ3v) is 4.66. The van der Waals surface area contributed by atoms with E-state index in [1.807, 2.05) is 12.1 Å². The van der Waals surface area contributed by atoms with E-state index in [9.17, 15) is 9.50 Å². The summed E-state index contributed by atoms with van der Waals surface area (Å²) in [5.41, 5.74) is 0.530. The number of fused-ring (bicyclic) bond motifs is 1. The van der Waals surface area contributed by atoms with Gasteiger partial charge in [-0.15, -0.1) is 11.3 Å². The Balaban J connectivity index is 1.94. The van der Waals surface area contributed by atoms with Crippen molar-refractivity contribution >= 4 is 27.3 Å². The zero-order chi connectivity index (χ0) is 12.7. The highest BCUT2D eigenvalue weighted by atomic mass is 79.9. The Kier molecular flexibility index (Phi) is 3.13. The number of hydrogen-bond donors (Lipinski definition) is 1. The van der Waals surface area contributed by atoms with Gasteiger partial charge in [-0.1, -0.05) is 0 Å². The molecule has 2 unspecified atom stereocenters. The molecule has 2 atom stereocenters. The molecule has 1 N–H and O–H groups in total. The lowest BCUT2D eigenvalue weighted by molar-refractivity contribution is 0.0670. The summed E-state index contributed by atoms with van der Waals surface area (Å²) in [5.74, 6) is 0.207. The minimum absolute atomic E-state index is 0.172. The van der Waals surface area contributed by atoms with Gasteiger partial charge in [0, 0.05) is 16.9 Å². The molecule has 0 radical (unpaired) electrons. The highest BCUT2D eigenvalue weighted by Crippen LogP contribution is 2.43. The van der Waals surface area contributed by atoms with E-state index in [0.717, 1.165) is 8.66 Å². The summed E-state index contributed by atoms with van der Waals surface area (Å²) in [7, 11) is 0. The molecule has 5 heteroatoms. The van der Waals surface area contributed by atoms with Crippen LogP contribution in [0.15, 0.2) is 34.1 Å². The summed E-state index contributed by atoms with van der Waals surface area (Å²) in [6.07, 6.45) is -0.409. The zero-order valence-electron chi connectivity index (χ0n) is 9.27. The molecule has 1 aromatic carbocycles. The fourth-order valence-corrected chi connectivity index (χ4v) is 3.56. The van der Waals surface area contributed by atoms with Gasteiger partial charge in [0.25, 0.3) is 0 Å². The molecule has 1 aliphatic heterocycles. The van der Waals surface area contributed by atoms with E-state index in [0.29, 0.717) is 17.7 Å². The van der Waals surface area contributed by atoms with E-state index >= 15 is 0 Å². The maximum absolute atomic E-state index is 13.1. The van der Waals surface area contributed by atoms with Crippen LogP contribution < -0.4 is 4.74 Å². The van der Waals surface area contributed by atoms with Crippen molar-refractivity contribution in [1.29, 1.82) is 0 Å². The summed E-state index contributed by atoms with van der Waals surface area (Å²) in [5, 5.41) is 10.1. The molecular formula is C13H10BrFO2S. The molecule has 2 heterocycles. The smallest absolute Gasteiger partial charge is 0.136 e. The molecule has 1 aromatic heterocycles. The molecule has 0 spiro atoms. The Labute approximate surface area is 116 Å². The molecule has 2 aromatic rings. The highest BCUT2D eigenvalue weighted by molar-refractivity contribution is 9.11. The van der Waals surface area contributed by atoms with Crippen LogP contribution in [0.2, 0.25) is 0 Å². The Morgan fingerprint density at radius 2 is 2.17 bits per heavy atom. The maximum Gasteiger partial charge on any atom is 0.136 e. The normalized spacial score (nSPS) is 22.4. The van der Waals surface area contributed by atoms with Gasteiger partial charge < -0.3 is 9.84 Å². The van der Waals surface area contributed by atoms with Crippen LogP contribution in [0, 0.1) is 5.82 Å². The molecule has 0 aliphatic carbocycles. The lowest BCUT2D eigenvalue weighted by Gasteiger charge is -2.29. The first-order chi connectivity index (χ1) is 8.63. The van der Waals surface area contributed by atoms with Crippen molar-refractivity contribution in [2.24, 2.45) is 0 Å². The summed E-state index contributed by atoms with van der Waals surface area (Å²) < 4.78 is 20.0. The van der Waals surface area contributed by atoms with Crippen LogP contribution in [0.4, 0.5) is 4.39 Å². The molecule has 0 amide bonds. The SMILES string of the molecule is OC1CC(c2ccc(Br)s2)Oc2ccc(F)cc21. The average molecular weight is 329 g/mol. The van der Waals surface area contributed by atoms with Gasteiger partial charge in [0.2, 0.25) is 0 Å². The van der Waals surface area contributed by atoms with Gasteiger partial charge in [0.15, 0.2) is 0 Å². The molecule has 94 valence electrons. The number of hydrogen-bond acceptors (Lipinski definition) is 3. The van der Waals surface area contributed by atoms with Gasteiger partial charge in [-0.05, 0) is 46.3 Å². The quantitative estimate of drug-likeness (QED) is 0.849. The van der Waals surface area contributed by atoms with Crippen LogP contribution in [0.5, 0.6) is 5.75 Å². The zero-order valence-corrected chi connectivity index (χ0v) is 11.7. The molecule has 0 saturated carbocycles. The summed E-state index contributed by atoms with van der Waals surface area (Å²) in [4.78, 5) is 1.05.